The number of methoxy groups -OCH3 is 1. The molecule has 0 saturated heterocycles. The Bertz CT molecular complexity index is 1230. The van der Waals surface area contributed by atoms with Gasteiger partial charge in [0.05, 0.1) is 18.8 Å². The predicted octanol–water partition coefficient (Wildman–Crippen LogP) is 4.41. The molecule has 40 heavy (non-hydrogen) atoms. The van der Waals surface area contributed by atoms with Crippen LogP contribution in [0.2, 0.25) is 0 Å². The Kier molecular flexibility index (Phi) is 12.2. The molecule has 0 bridgehead atoms. The van der Waals surface area contributed by atoms with E-state index >= 15 is 0 Å². The number of aliphatic hydroxyl groups excluding tert-OH is 1. The number of hydrogen-bond donors (Lipinski definition) is 3. The smallest absolute Gasteiger partial charge is 0.251 e. The molecule has 3 rings (SSSR count). The number of carbonyl (C=O) groups is 1. The fraction of sp³-hybridized carbons (Fsp3) is 0.406. The van der Waals surface area contributed by atoms with Crippen molar-refractivity contribution >= 4 is 5.91 Å². The summed E-state index contributed by atoms with van der Waals surface area (Å²) in [5, 5.41) is 17.3. The second kappa shape index (κ2) is 15.6. The van der Waals surface area contributed by atoms with Crippen LogP contribution in [0.4, 0.5) is 8.78 Å². The van der Waals surface area contributed by atoms with Crippen LogP contribution in [-0.4, -0.2) is 61.9 Å². The molecule has 6 nitrogen and oxygen atoms in total. The zero-order valence-corrected chi connectivity index (χ0v) is 23.8. The summed E-state index contributed by atoms with van der Waals surface area (Å²) in [6.07, 6.45) is -0.0135. The highest BCUT2D eigenvalue weighted by atomic mass is 19.1. The molecule has 0 saturated carbocycles. The fourth-order valence-electron chi connectivity index (χ4n) is 4.71. The predicted molar refractivity (Wildman–Crippen MR) is 154 cm³/mol. The number of amides is 1. The Labute approximate surface area is 236 Å². The molecule has 0 fully saturated rings. The first-order chi connectivity index (χ1) is 19.2. The van der Waals surface area contributed by atoms with E-state index in [1.54, 1.807) is 13.2 Å². The third-order valence-electron chi connectivity index (χ3n) is 6.77. The maximum Gasteiger partial charge on any atom is 0.251 e. The average Bonchev–Trinajstić information content (AvgIpc) is 2.90. The molecule has 3 aromatic carbocycles. The number of nitrogens with one attached hydrogen (secondary N) is 2. The summed E-state index contributed by atoms with van der Waals surface area (Å²) in [5.41, 5.74) is 5.03. The van der Waals surface area contributed by atoms with Crippen molar-refractivity contribution in [3.63, 3.8) is 0 Å². The zero-order valence-electron chi connectivity index (χ0n) is 23.8. The fourth-order valence-corrected chi connectivity index (χ4v) is 4.71. The van der Waals surface area contributed by atoms with Gasteiger partial charge in [0.1, 0.15) is 11.6 Å². The van der Waals surface area contributed by atoms with Crippen molar-refractivity contribution in [1.29, 1.82) is 0 Å². The van der Waals surface area contributed by atoms with E-state index in [1.807, 2.05) is 38.2 Å². The van der Waals surface area contributed by atoms with Gasteiger partial charge in [0.15, 0.2) is 0 Å². The van der Waals surface area contributed by atoms with Crippen molar-refractivity contribution in [3.05, 3.63) is 106 Å². The van der Waals surface area contributed by atoms with Crippen molar-refractivity contribution in [3.8, 4) is 0 Å². The van der Waals surface area contributed by atoms with Gasteiger partial charge >= 0.3 is 0 Å². The highest BCUT2D eigenvalue weighted by molar-refractivity contribution is 5.94. The Balaban J connectivity index is 1.74. The highest BCUT2D eigenvalue weighted by Gasteiger charge is 2.23. The lowest BCUT2D eigenvalue weighted by Crippen LogP contribution is -2.48. The van der Waals surface area contributed by atoms with Gasteiger partial charge < -0.3 is 20.5 Å². The summed E-state index contributed by atoms with van der Waals surface area (Å²) >= 11 is 0. The average molecular weight is 554 g/mol. The topological polar surface area (TPSA) is 73.8 Å². The standard InChI is InChI=1S/C32H41F2N3O3/c1-5-23-7-6-8-24(13-23)19-35-20-31(38)30(17-25-15-28(33)18-29(34)16-25)36-32(39)27-12-22(2)11-26(14-27)21-37(3)9-10-40-4/h6-8,11-16,18,30-31,35,38H,5,9-10,17,19-21H2,1-4H3,(H,36,39)/t30-,31+/m0/s1. The number of nitrogens with zero attached hydrogens (tertiary/aromatic N) is 1. The van der Waals surface area contributed by atoms with Gasteiger partial charge in [-0.05, 0) is 73.3 Å². The summed E-state index contributed by atoms with van der Waals surface area (Å²) in [4.78, 5) is 15.5. The Hall–Kier alpha value is -3.17. The lowest BCUT2D eigenvalue weighted by Gasteiger charge is -2.25. The minimum Gasteiger partial charge on any atom is -0.390 e. The van der Waals surface area contributed by atoms with Gasteiger partial charge in [-0.25, -0.2) is 8.78 Å². The number of aliphatic hydroxyl groups is 1. The molecule has 0 aliphatic carbocycles. The van der Waals surface area contributed by atoms with Crippen LogP contribution in [0.1, 0.15) is 45.1 Å². The molecule has 0 heterocycles. The lowest BCUT2D eigenvalue weighted by atomic mass is 9.99. The van der Waals surface area contributed by atoms with Crippen LogP contribution >= 0.6 is 0 Å². The zero-order chi connectivity index (χ0) is 29.1. The Morgan fingerprint density at radius 1 is 1.00 bits per heavy atom. The van der Waals surface area contributed by atoms with Crippen LogP contribution in [0.3, 0.4) is 0 Å². The third kappa shape index (κ3) is 10.1. The number of rotatable bonds is 15. The van der Waals surface area contributed by atoms with Crippen molar-refractivity contribution in [2.75, 3.05) is 33.9 Å². The summed E-state index contributed by atoms with van der Waals surface area (Å²) in [6.45, 7) is 6.74. The number of aryl methyl sites for hydroxylation is 2. The molecule has 2 atom stereocenters. The number of ether oxygens (including phenoxy) is 1. The van der Waals surface area contributed by atoms with E-state index in [-0.39, 0.29) is 18.9 Å². The van der Waals surface area contributed by atoms with Gasteiger partial charge in [-0.2, -0.15) is 0 Å². The van der Waals surface area contributed by atoms with Crippen molar-refractivity contribution in [1.82, 2.24) is 15.5 Å². The van der Waals surface area contributed by atoms with Crippen molar-refractivity contribution in [2.24, 2.45) is 0 Å². The largest absolute Gasteiger partial charge is 0.390 e. The van der Waals surface area contributed by atoms with E-state index in [0.717, 1.165) is 35.7 Å². The summed E-state index contributed by atoms with van der Waals surface area (Å²) in [7, 11) is 3.64. The number of carbonyl (C=O) groups excluding carboxylic acids is 1. The second-order valence-electron chi connectivity index (χ2n) is 10.4. The quantitative estimate of drug-likeness (QED) is 0.260. The van der Waals surface area contributed by atoms with Gasteiger partial charge in [-0.15, -0.1) is 0 Å². The molecule has 216 valence electrons. The van der Waals surface area contributed by atoms with E-state index in [0.29, 0.717) is 30.8 Å². The minimum absolute atomic E-state index is 0.0625. The maximum atomic E-state index is 13.9. The first-order valence-electron chi connectivity index (χ1n) is 13.7. The molecule has 0 aliphatic heterocycles. The number of benzene rings is 3. The molecule has 1 amide bonds. The Morgan fingerprint density at radius 2 is 1.73 bits per heavy atom. The lowest BCUT2D eigenvalue weighted by molar-refractivity contribution is 0.0829. The van der Waals surface area contributed by atoms with Crippen LogP contribution in [0.15, 0.2) is 60.7 Å². The summed E-state index contributed by atoms with van der Waals surface area (Å²) < 4.78 is 33.0. The van der Waals surface area contributed by atoms with E-state index in [9.17, 15) is 18.7 Å². The molecular formula is C32H41F2N3O3. The summed E-state index contributed by atoms with van der Waals surface area (Å²) in [6, 6.07) is 16.3. The molecular weight excluding hydrogens is 512 g/mol. The molecule has 0 aliphatic rings. The van der Waals surface area contributed by atoms with Crippen molar-refractivity contribution < 1.29 is 23.4 Å². The van der Waals surface area contributed by atoms with E-state index < -0.39 is 23.8 Å². The second-order valence-corrected chi connectivity index (χ2v) is 10.4. The Morgan fingerprint density at radius 3 is 2.42 bits per heavy atom. The van der Waals surface area contributed by atoms with Gasteiger partial charge in [-0.3, -0.25) is 9.69 Å². The molecule has 3 N–H and O–H groups in total. The van der Waals surface area contributed by atoms with Gasteiger partial charge in [-0.1, -0.05) is 42.8 Å². The SMILES string of the molecule is CCc1cccc(CNC[C@@H](O)[C@H](Cc2cc(F)cc(F)c2)NC(=O)c2cc(C)cc(CN(C)CCOC)c2)c1. The first-order valence-corrected chi connectivity index (χ1v) is 13.7. The summed E-state index contributed by atoms with van der Waals surface area (Å²) in [5.74, 6) is -1.77. The highest BCUT2D eigenvalue weighted by Crippen LogP contribution is 2.15. The molecule has 3 aromatic rings. The van der Waals surface area contributed by atoms with Crippen LogP contribution in [0, 0.1) is 18.6 Å². The number of hydrogen-bond acceptors (Lipinski definition) is 5. The van der Waals surface area contributed by atoms with Crippen LogP contribution in [0.5, 0.6) is 0 Å². The van der Waals surface area contributed by atoms with Crippen LogP contribution < -0.4 is 10.6 Å². The van der Waals surface area contributed by atoms with E-state index in [1.165, 1.54) is 17.7 Å². The van der Waals surface area contributed by atoms with Crippen LogP contribution in [-0.2, 0) is 30.7 Å². The van der Waals surface area contributed by atoms with E-state index in [4.69, 9.17) is 4.74 Å². The van der Waals surface area contributed by atoms with Gasteiger partial charge in [0.2, 0.25) is 0 Å². The molecule has 0 unspecified atom stereocenters. The normalized spacial score (nSPS) is 12.9. The minimum atomic E-state index is -1.01. The number of likely N-dealkylation sites (N-methyl/N-ethyl adjacent to an activating group) is 1. The van der Waals surface area contributed by atoms with E-state index in [2.05, 4.69) is 34.6 Å². The monoisotopic (exact) mass is 553 g/mol. The van der Waals surface area contributed by atoms with Crippen molar-refractivity contribution in [2.45, 2.75) is 51.9 Å². The van der Waals surface area contributed by atoms with Gasteiger partial charge in [0, 0.05) is 44.9 Å². The third-order valence-corrected chi connectivity index (χ3v) is 6.77. The molecule has 8 heteroatoms. The maximum absolute atomic E-state index is 13.9. The first kappa shape index (κ1) is 31.4. The van der Waals surface area contributed by atoms with Gasteiger partial charge in [0.25, 0.3) is 5.91 Å². The molecule has 0 aromatic heterocycles. The molecule has 0 spiro atoms. The number of halogens is 2. The van der Waals surface area contributed by atoms with Crippen LogP contribution in [0.25, 0.3) is 0 Å². The molecule has 0 radical (unpaired) electrons.